The van der Waals surface area contributed by atoms with Gasteiger partial charge in [-0.1, -0.05) is 85.8 Å². The fourth-order valence-electron chi connectivity index (χ4n) is 8.18. The number of nitrogens with zero attached hydrogens (tertiary/aromatic N) is 4. The molecule has 0 N–H and O–H groups in total. The van der Waals surface area contributed by atoms with Gasteiger partial charge in [-0.05, 0) is 96.5 Å². The van der Waals surface area contributed by atoms with Gasteiger partial charge in [0, 0.05) is 38.7 Å². The zero-order valence-corrected chi connectivity index (χ0v) is 27.2. The quantitative estimate of drug-likeness (QED) is 0.195. The van der Waals surface area contributed by atoms with E-state index in [4.69, 9.17) is 0 Å². The van der Waals surface area contributed by atoms with Crippen LogP contribution in [0.4, 0.5) is 0 Å². The Morgan fingerprint density at radius 3 is 1.90 bits per heavy atom. The number of aromatic nitrogens is 2. The first-order chi connectivity index (χ1) is 24.1. The highest BCUT2D eigenvalue weighted by Crippen LogP contribution is 2.42. The van der Waals surface area contributed by atoms with Crippen LogP contribution in [0.25, 0.3) is 66.3 Å². The van der Waals surface area contributed by atoms with Crippen LogP contribution in [0.5, 0.6) is 0 Å². The van der Waals surface area contributed by atoms with E-state index in [-0.39, 0.29) is 0 Å². The average molecular weight is 629 g/mol. The van der Waals surface area contributed by atoms with Gasteiger partial charge >= 0.3 is 0 Å². The molecule has 0 saturated heterocycles. The number of hydrogen-bond donors (Lipinski definition) is 0. The van der Waals surface area contributed by atoms with Crippen LogP contribution in [0.3, 0.4) is 0 Å². The zero-order chi connectivity index (χ0) is 33.1. The summed E-state index contributed by atoms with van der Waals surface area (Å²) in [5.41, 5.74) is 13.5. The molecule has 0 aliphatic heterocycles. The van der Waals surface area contributed by atoms with Gasteiger partial charge in [-0.25, -0.2) is 0 Å². The highest BCUT2D eigenvalue weighted by Gasteiger charge is 2.25. The molecule has 2 aromatic heterocycles. The third-order valence-corrected chi connectivity index (χ3v) is 10.4. The third-order valence-electron chi connectivity index (χ3n) is 10.4. The van der Waals surface area contributed by atoms with Crippen LogP contribution < -0.4 is 0 Å². The number of nitriles is 2. The third kappa shape index (κ3) is 4.50. The minimum atomic E-state index is 0.546. The lowest BCUT2D eigenvalue weighted by Gasteiger charge is -2.21. The first-order valence-corrected chi connectivity index (χ1v) is 16.9. The van der Waals surface area contributed by atoms with Crippen molar-refractivity contribution in [1.29, 1.82) is 10.5 Å². The van der Waals surface area contributed by atoms with Crippen molar-refractivity contribution in [3.05, 3.63) is 156 Å². The van der Waals surface area contributed by atoms with Gasteiger partial charge in [0.05, 0.1) is 45.5 Å². The van der Waals surface area contributed by atoms with Crippen molar-refractivity contribution in [1.82, 2.24) is 9.13 Å². The molecule has 6 aromatic carbocycles. The minimum absolute atomic E-state index is 0.546. The van der Waals surface area contributed by atoms with Crippen LogP contribution in [-0.2, 0) is 6.42 Å². The molecule has 0 amide bonds. The molecule has 2 heterocycles. The van der Waals surface area contributed by atoms with E-state index in [0.29, 0.717) is 17.0 Å². The van der Waals surface area contributed by atoms with Crippen molar-refractivity contribution in [3.8, 4) is 45.8 Å². The van der Waals surface area contributed by atoms with Crippen molar-refractivity contribution in [2.24, 2.45) is 0 Å². The summed E-state index contributed by atoms with van der Waals surface area (Å²) in [6.45, 7) is 2.36. The van der Waals surface area contributed by atoms with E-state index < -0.39 is 0 Å². The maximum atomic E-state index is 10.2. The van der Waals surface area contributed by atoms with Crippen LogP contribution in [0.15, 0.2) is 133 Å². The van der Waals surface area contributed by atoms with Crippen molar-refractivity contribution in [2.45, 2.75) is 32.1 Å². The van der Waals surface area contributed by atoms with E-state index in [2.05, 4.69) is 131 Å². The normalized spacial score (nSPS) is 14.1. The summed E-state index contributed by atoms with van der Waals surface area (Å²) in [5.74, 6) is 0.546. The largest absolute Gasteiger partial charge is 0.313 e. The molecule has 232 valence electrons. The molecule has 4 nitrogen and oxygen atoms in total. The fourth-order valence-corrected chi connectivity index (χ4v) is 8.18. The van der Waals surface area contributed by atoms with Crippen LogP contribution in [0, 0.1) is 22.7 Å². The smallest absolute Gasteiger partial charge is 0.0998 e. The average Bonchev–Trinajstić information content (AvgIpc) is 3.68. The maximum Gasteiger partial charge on any atom is 0.0998 e. The molecule has 1 unspecified atom stereocenters. The molecule has 0 fully saturated rings. The summed E-state index contributed by atoms with van der Waals surface area (Å²) >= 11 is 0. The van der Waals surface area contributed by atoms with Gasteiger partial charge in [0.15, 0.2) is 0 Å². The molecule has 0 radical (unpaired) electrons. The molecule has 49 heavy (non-hydrogen) atoms. The predicted octanol–water partition coefficient (Wildman–Crippen LogP) is 11.2. The SMILES string of the molecule is CC1CCCc2c1c1ccccc1n2-c1ccc(-c2cc(-c3ccc(C#N)cc3-n3c4ccccc4c4ccccc43)ccc2C#N)cc1. The summed E-state index contributed by atoms with van der Waals surface area (Å²) in [4.78, 5) is 0. The number of para-hydroxylation sites is 3. The Morgan fingerprint density at radius 2 is 1.22 bits per heavy atom. The van der Waals surface area contributed by atoms with E-state index in [1.54, 1.807) is 0 Å². The second-order valence-corrected chi connectivity index (χ2v) is 13.1. The van der Waals surface area contributed by atoms with Gasteiger partial charge in [-0.3, -0.25) is 0 Å². The van der Waals surface area contributed by atoms with Gasteiger partial charge < -0.3 is 9.13 Å². The Hall–Kier alpha value is -6.36. The summed E-state index contributed by atoms with van der Waals surface area (Å²) < 4.78 is 4.71. The van der Waals surface area contributed by atoms with E-state index in [1.807, 2.05) is 30.3 Å². The first-order valence-electron chi connectivity index (χ1n) is 16.9. The molecule has 9 rings (SSSR count). The van der Waals surface area contributed by atoms with Crippen molar-refractivity contribution in [2.75, 3.05) is 0 Å². The molecule has 1 aliphatic carbocycles. The first kappa shape index (κ1) is 28.8. The fraction of sp³-hybridized carbons (Fsp3) is 0.111. The van der Waals surface area contributed by atoms with Crippen LogP contribution in [-0.4, -0.2) is 9.13 Å². The Bertz CT molecular complexity index is 2620. The highest BCUT2D eigenvalue weighted by molar-refractivity contribution is 6.09. The van der Waals surface area contributed by atoms with Crippen molar-refractivity contribution < 1.29 is 0 Å². The van der Waals surface area contributed by atoms with Gasteiger partial charge in [0.2, 0.25) is 0 Å². The predicted molar refractivity (Wildman–Crippen MR) is 199 cm³/mol. The summed E-state index contributed by atoms with van der Waals surface area (Å²) in [6, 6.07) is 51.0. The molecular weight excluding hydrogens is 597 g/mol. The number of rotatable bonds is 4. The highest BCUT2D eigenvalue weighted by atomic mass is 15.0. The summed E-state index contributed by atoms with van der Waals surface area (Å²) in [5, 5.41) is 23.9. The van der Waals surface area contributed by atoms with Gasteiger partial charge in [0.25, 0.3) is 0 Å². The summed E-state index contributed by atoms with van der Waals surface area (Å²) in [7, 11) is 0. The maximum absolute atomic E-state index is 10.2. The van der Waals surface area contributed by atoms with E-state index in [1.165, 1.54) is 45.8 Å². The van der Waals surface area contributed by atoms with Crippen LogP contribution in [0.1, 0.15) is 48.1 Å². The molecule has 0 bridgehead atoms. The molecule has 1 atom stereocenters. The van der Waals surface area contributed by atoms with E-state index >= 15 is 0 Å². The summed E-state index contributed by atoms with van der Waals surface area (Å²) in [6.07, 6.45) is 3.51. The van der Waals surface area contributed by atoms with Crippen molar-refractivity contribution >= 4 is 32.7 Å². The zero-order valence-electron chi connectivity index (χ0n) is 27.2. The lowest BCUT2D eigenvalue weighted by atomic mass is 9.86. The van der Waals surface area contributed by atoms with Crippen LogP contribution in [0.2, 0.25) is 0 Å². The Labute approximate surface area is 285 Å². The lowest BCUT2D eigenvalue weighted by Crippen LogP contribution is -2.09. The van der Waals surface area contributed by atoms with Gasteiger partial charge in [-0.15, -0.1) is 0 Å². The van der Waals surface area contributed by atoms with E-state index in [9.17, 15) is 10.5 Å². The minimum Gasteiger partial charge on any atom is -0.313 e. The lowest BCUT2D eigenvalue weighted by molar-refractivity contribution is 0.581. The monoisotopic (exact) mass is 628 g/mol. The van der Waals surface area contributed by atoms with E-state index in [0.717, 1.165) is 51.1 Å². The molecule has 0 spiro atoms. The van der Waals surface area contributed by atoms with Gasteiger partial charge in [-0.2, -0.15) is 10.5 Å². The topological polar surface area (TPSA) is 57.4 Å². The van der Waals surface area contributed by atoms with Gasteiger partial charge in [0.1, 0.15) is 0 Å². The number of benzene rings is 6. The number of fused-ring (bicyclic) bond motifs is 6. The molecule has 4 heteroatoms. The Kier molecular flexibility index (Phi) is 6.71. The molecular formula is C45H32N4. The second kappa shape index (κ2) is 11.4. The molecule has 8 aromatic rings. The Morgan fingerprint density at radius 1 is 0.592 bits per heavy atom. The van der Waals surface area contributed by atoms with Crippen LogP contribution >= 0.6 is 0 Å². The Balaban J connectivity index is 1.19. The van der Waals surface area contributed by atoms with Crippen molar-refractivity contribution in [3.63, 3.8) is 0 Å². The second-order valence-electron chi connectivity index (χ2n) is 13.1. The standard InChI is InChI=1S/C45H32N4/c1-29-9-8-16-43-45(29)38-12-4-7-15-42(38)48(43)34-22-20-31(21-23-34)39-26-32(18-19-33(39)28-47)35-24-17-30(27-46)25-44(35)49-40-13-5-2-10-36(40)37-11-3-6-14-41(37)49/h2-7,10-15,17-26,29H,8-9,16H2,1H3. The molecule has 0 saturated carbocycles. The molecule has 1 aliphatic rings. The number of hydrogen-bond acceptors (Lipinski definition) is 2.